The summed E-state index contributed by atoms with van der Waals surface area (Å²) in [7, 11) is -3.81. The first-order chi connectivity index (χ1) is 9.45. The molecule has 1 aromatic carbocycles. The van der Waals surface area contributed by atoms with Gasteiger partial charge in [-0.3, -0.25) is 0 Å². The van der Waals surface area contributed by atoms with Gasteiger partial charge >= 0.3 is 0 Å². The average Bonchev–Trinajstić information content (AvgIpc) is 2.81. The molecule has 20 heavy (non-hydrogen) atoms. The molecule has 0 N–H and O–H groups in total. The first kappa shape index (κ1) is 14.8. The zero-order chi connectivity index (χ0) is 14.8. The molecule has 2 rings (SSSR count). The van der Waals surface area contributed by atoms with Crippen LogP contribution in [-0.4, -0.2) is 8.42 Å². The summed E-state index contributed by atoms with van der Waals surface area (Å²) in [5, 5.41) is 11.4. The van der Waals surface area contributed by atoms with Crippen molar-refractivity contribution in [3.05, 3.63) is 56.1 Å². The average molecular weight is 324 g/mol. The number of sulfone groups is 1. The Morgan fingerprint density at radius 2 is 1.95 bits per heavy atom. The van der Waals surface area contributed by atoms with E-state index in [-0.39, 0.29) is 9.80 Å². The van der Waals surface area contributed by atoms with Gasteiger partial charge in [0.25, 0.3) is 0 Å². The lowest BCUT2D eigenvalue weighted by molar-refractivity contribution is 0.603. The van der Waals surface area contributed by atoms with E-state index in [0.717, 1.165) is 10.4 Å². The number of nitrogens with zero attached hydrogens (tertiary/aromatic N) is 1. The maximum Gasteiger partial charge on any atom is 0.216 e. The van der Waals surface area contributed by atoms with Crippen molar-refractivity contribution < 1.29 is 8.42 Å². The number of thiophene rings is 1. The van der Waals surface area contributed by atoms with Crippen LogP contribution in [0.2, 0.25) is 5.02 Å². The van der Waals surface area contributed by atoms with Gasteiger partial charge in [-0.25, -0.2) is 8.42 Å². The topological polar surface area (TPSA) is 57.9 Å². The molecule has 0 fully saturated rings. The smallest absolute Gasteiger partial charge is 0.216 e. The molecule has 0 aliphatic heterocycles. The van der Waals surface area contributed by atoms with Gasteiger partial charge in [0.2, 0.25) is 9.84 Å². The third kappa shape index (κ3) is 2.93. The summed E-state index contributed by atoms with van der Waals surface area (Å²) in [5.41, 5.74) is 0.939. The molecular formula is C14H10ClNO2S2. The number of halogens is 1. The van der Waals surface area contributed by atoms with E-state index >= 15 is 0 Å². The van der Waals surface area contributed by atoms with Crippen LogP contribution in [-0.2, 0) is 9.84 Å². The molecule has 0 atom stereocenters. The summed E-state index contributed by atoms with van der Waals surface area (Å²) < 4.78 is 24.8. The Bertz CT molecular complexity index is 796. The Morgan fingerprint density at radius 3 is 2.45 bits per heavy atom. The fraction of sp³-hybridized carbons (Fsp3) is 0.0714. The molecule has 0 unspecified atom stereocenters. The molecule has 1 aromatic heterocycles. The lowest BCUT2D eigenvalue weighted by atomic mass is 10.3. The van der Waals surface area contributed by atoms with Crippen molar-refractivity contribution in [2.24, 2.45) is 0 Å². The van der Waals surface area contributed by atoms with Crippen LogP contribution in [0.15, 0.2) is 45.5 Å². The summed E-state index contributed by atoms with van der Waals surface area (Å²) >= 11 is 7.13. The standard InChI is InChI=1S/C14H10ClNO2S2/c1-10-6-7-19-14(10)8-13(9-16)20(17,18)12-4-2-11(15)3-5-12/h2-8H,1H3/b13-8+. The lowest BCUT2D eigenvalue weighted by Crippen LogP contribution is -2.03. The predicted octanol–water partition coefficient (Wildman–Crippen LogP) is 4.05. The largest absolute Gasteiger partial charge is 0.218 e. The fourth-order valence-electron chi connectivity index (χ4n) is 1.56. The van der Waals surface area contributed by atoms with Crippen LogP contribution in [0.1, 0.15) is 10.4 Å². The first-order valence-electron chi connectivity index (χ1n) is 5.61. The van der Waals surface area contributed by atoms with E-state index in [1.165, 1.54) is 41.7 Å². The number of nitriles is 1. The van der Waals surface area contributed by atoms with Crippen LogP contribution in [0.3, 0.4) is 0 Å². The minimum absolute atomic E-state index is 0.0592. The highest BCUT2D eigenvalue weighted by Gasteiger charge is 2.21. The second-order valence-corrected chi connectivity index (χ2v) is 7.35. The minimum Gasteiger partial charge on any atom is -0.218 e. The van der Waals surface area contributed by atoms with Crippen molar-refractivity contribution in [2.75, 3.05) is 0 Å². The Labute approximate surface area is 126 Å². The number of rotatable bonds is 3. The molecule has 0 aliphatic rings. The Morgan fingerprint density at radius 1 is 1.30 bits per heavy atom. The van der Waals surface area contributed by atoms with Gasteiger partial charge in [-0.15, -0.1) is 11.3 Å². The molecule has 0 bridgehead atoms. The molecule has 0 aliphatic carbocycles. The van der Waals surface area contributed by atoms with Crippen LogP contribution < -0.4 is 0 Å². The number of hydrogen-bond acceptors (Lipinski definition) is 4. The van der Waals surface area contributed by atoms with Gasteiger partial charge in [-0.2, -0.15) is 5.26 Å². The summed E-state index contributed by atoms with van der Waals surface area (Å²) in [6.07, 6.45) is 1.41. The monoisotopic (exact) mass is 323 g/mol. The van der Waals surface area contributed by atoms with Crippen molar-refractivity contribution in [3.63, 3.8) is 0 Å². The zero-order valence-corrected chi connectivity index (χ0v) is 12.9. The first-order valence-corrected chi connectivity index (χ1v) is 8.36. The van der Waals surface area contributed by atoms with E-state index in [1.807, 2.05) is 18.4 Å². The SMILES string of the molecule is Cc1ccsc1/C=C(\C#N)S(=O)(=O)c1ccc(Cl)cc1. The van der Waals surface area contributed by atoms with Crippen LogP contribution in [0.25, 0.3) is 6.08 Å². The van der Waals surface area contributed by atoms with E-state index < -0.39 is 9.84 Å². The minimum atomic E-state index is -3.81. The zero-order valence-electron chi connectivity index (χ0n) is 10.5. The predicted molar refractivity (Wildman–Crippen MR) is 81.3 cm³/mol. The molecule has 0 radical (unpaired) electrons. The van der Waals surface area contributed by atoms with Crippen molar-refractivity contribution in [1.82, 2.24) is 0 Å². The maximum absolute atomic E-state index is 12.4. The van der Waals surface area contributed by atoms with E-state index in [4.69, 9.17) is 16.9 Å². The molecule has 1 heterocycles. The second-order valence-electron chi connectivity index (χ2n) is 4.05. The molecule has 6 heteroatoms. The molecule has 3 nitrogen and oxygen atoms in total. The number of aryl methyl sites for hydroxylation is 1. The molecule has 0 spiro atoms. The lowest BCUT2D eigenvalue weighted by Gasteiger charge is -2.03. The van der Waals surface area contributed by atoms with Gasteiger partial charge in [0.1, 0.15) is 6.07 Å². The van der Waals surface area contributed by atoms with Crippen molar-refractivity contribution in [2.45, 2.75) is 11.8 Å². The Kier molecular flexibility index (Phi) is 4.29. The summed E-state index contributed by atoms with van der Waals surface area (Å²) in [5.74, 6) is 0. The number of benzene rings is 1. The van der Waals surface area contributed by atoms with E-state index in [2.05, 4.69) is 0 Å². The molecular weight excluding hydrogens is 314 g/mol. The highest BCUT2D eigenvalue weighted by Crippen LogP contribution is 2.25. The van der Waals surface area contributed by atoms with Crippen molar-refractivity contribution in [3.8, 4) is 6.07 Å². The van der Waals surface area contributed by atoms with Crippen LogP contribution >= 0.6 is 22.9 Å². The van der Waals surface area contributed by atoms with Gasteiger partial charge in [0.15, 0.2) is 4.91 Å². The van der Waals surface area contributed by atoms with Crippen molar-refractivity contribution >= 4 is 38.9 Å². The third-order valence-electron chi connectivity index (χ3n) is 2.69. The summed E-state index contributed by atoms with van der Waals surface area (Å²) in [6.45, 7) is 1.87. The highest BCUT2D eigenvalue weighted by atomic mass is 35.5. The quantitative estimate of drug-likeness (QED) is 0.801. The van der Waals surface area contributed by atoms with Gasteiger partial charge in [0, 0.05) is 9.90 Å². The Hall–Kier alpha value is -1.61. The second kappa shape index (κ2) is 5.80. The number of hydrogen-bond donors (Lipinski definition) is 0. The molecule has 0 saturated carbocycles. The van der Waals surface area contributed by atoms with E-state index in [9.17, 15) is 8.42 Å². The highest BCUT2D eigenvalue weighted by molar-refractivity contribution is 7.95. The summed E-state index contributed by atoms with van der Waals surface area (Å²) in [4.78, 5) is 0.549. The van der Waals surface area contributed by atoms with Gasteiger partial charge in [-0.1, -0.05) is 11.6 Å². The van der Waals surface area contributed by atoms with Crippen molar-refractivity contribution in [1.29, 1.82) is 5.26 Å². The van der Waals surface area contributed by atoms with Gasteiger partial charge < -0.3 is 0 Å². The Balaban J connectivity index is 2.52. The molecule has 2 aromatic rings. The summed E-state index contributed by atoms with van der Waals surface area (Å²) in [6, 6.07) is 9.40. The van der Waals surface area contributed by atoms with Crippen LogP contribution in [0, 0.1) is 18.3 Å². The molecule has 0 amide bonds. The maximum atomic E-state index is 12.4. The fourth-order valence-corrected chi connectivity index (χ4v) is 3.76. The molecule has 102 valence electrons. The van der Waals surface area contributed by atoms with Gasteiger partial charge in [0.05, 0.1) is 4.90 Å². The van der Waals surface area contributed by atoms with Crippen LogP contribution in [0.4, 0.5) is 0 Å². The number of allylic oxidation sites excluding steroid dienone is 1. The normalized spacial score (nSPS) is 12.2. The van der Waals surface area contributed by atoms with E-state index in [0.29, 0.717) is 5.02 Å². The third-order valence-corrected chi connectivity index (χ3v) is 5.59. The molecule has 0 saturated heterocycles. The van der Waals surface area contributed by atoms with E-state index in [1.54, 1.807) is 6.07 Å². The van der Waals surface area contributed by atoms with Gasteiger partial charge in [-0.05, 0) is 54.3 Å². The van der Waals surface area contributed by atoms with Crippen LogP contribution in [0.5, 0.6) is 0 Å².